The van der Waals surface area contributed by atoms with Crippen molar-refractivity contribution in [3.63, 3.8) is 0 Å². The number of para-hydroxylation sites is 2. The van der Waals surface area contributed by atoms with Gasteiger partial charge in [0.05, 0.1) is 11.0 Å². The first-order valence-corrected chi connectivity index (χ1v) is 12.4. The smallest absolute Gasteiger partial charge is 0.135 e. The molecule has 2 heterocycles. The lowest BCUT2D eigenvalue weighted by atomic mass is 10.00. The summed E-state index contributed by atoms with van der Waals surface area (Å²) in [5, 5.41) is 7.50. The molecule has 8 aromatic rings. The molecule has 0 N–H and O–H groups in total. The Morgan fingerprint density at radius 3 is 2.19 bits per heavy atom. The zero-order chi connectivity index (χ0) is 23.4. The van der Waals surface area contributed by atoms with E-state index >= 15 is 0 Å². The van der Waals surface area contributed by atoms with E-state index in [0.717, 1.165) is 27.6 Å². The van der Waals surface area contributed by atoms with Gasteiger partial charge in [0.15, 0.2) is 0 Å². The zero-order valence-corrected chi connectivity index (χ0v) is 19.3. The average Bonchev–Trinajstić information content (AvgIpc) is 3.58. The Kier molecular flexibility index (Phi) is 3.31. The van der Waals surface area contributed by atoms with Crippen molar-refractivity contribution in [3.05, 3.63) is 115 Å². The minimum Gasteiger partial charge on any atom is -0.456 e. The Labute approximate surface area is 206 Å². The van der Waals surface area contributed by atoms with E-state index < -0.39 is 0 Å². The third-order valence-electron chi connectivity index (χ3n) is 7.92. The fourth-order valence-corrected chi connectivity index (χ4v) is 6.45. The molecule has 2 nitrogen and oxygen atoms in total. The second-order valence-electron chi connectivity index (χ2n) is 9.72. The van der Waals surface area contributed by atoms with Gasteiger partial charge in [-0.1, -0.05) is 84.9 Å². The minimum atomic E-state index is 0.920. The second kappa shape index (κ2) is 6.44. The SMILES string of the molecule is c1cc2c3c(cccc3c1)-c1c-2ccc2c3ccccc3n(-c3ccc4oc5ccccc5c4c3)c12. The molecule has 2 aromatic heterocycles. The summed E-state index contributed by atoms with van der Waals surface area (Å²) in [4.78, 5) is 0. The molecule has 0 saturated heterocycles. The molecular weight excluding hydrogens is 438 g/mol. The predicted octanol–water partition coefficient (Wildman–Crippen LogP) is 9.48. The molecule has 2 heteroatoms. The van der Waals surface area contributed by atoms with Crippen molar-refractivity contribution in [2.75, 3.05) is 0 Å². The maximum atomic E-state index is 6.15. The monoisotopic (exact) mass is 457 g/mol. The Bertz CT molecular complexity index is 2200. The Balaban J connectivity index is 1.47. The average molecular weight is 458 g/mol. The van der Waals surface area contributed by atoms with Crippen LogP contribution in [0.15, 0.2) is 120 Å². The molecule has 0 bridgehead atoms. The molecule has 1 aliphatic carbocycles. The first kappa shape index (κ1) is 18.5. The number of benzene rings is 6. The normalized spacial score (nSPS) is 12.4. The summed E-state index contributed by atoms with van der Waals surface area (Å²) < 4.78 is 8.60. The molecule has 166 valence electrons. The number of nitrogens with zero attached hydrogens (tertiary/aromatic N) is 1. The van der Waals surface area contributed by atoms with Crippen LogP contribution < -0.4 is 0 Å². The summed E-state index contributed by atoms with van der Waals surface area (Å²) in [6, 6.07) is 41.6. The number of aromatic nitrogens is 1. The molecule has 0 aliphatic heterocycles. The van der Waals surface area contributed by atoms with E-state index in [-0.39, 0.29) is 0 Å². The Morgan fingerprint density at radius 1 is 0.500 bits per heavy atom. The molecule has 0 fully saturated rings. The highest BCUT2D eigenvalue weighted by molar-refractivity contribution is 6.24. The highest BCUT2D eigenvalue weighted by Gasteiger charge is 2.26. The van der Waals surface area contributed by atoms with Gasteiger partial charge in [-0.05, 0) is 57.8 Å². The fraction of sp³-hybridized carbons (Fsp3) is 0. The largest absolute Gasteiger partial charge is 0.456 e. The van der Waals surface area contributed by atoms with Crippen molar-refractivity contribution in [1.29, 1.82) is 0 Å². The summed E-state index contributed by atoms with van der Waals surface area (Å²) >= 11 is 0. The summed E-state index contributed by atoms with van der Waals surface area (Å²) in [5.41, 5.74) is 10.8. The number of fused-ring (bicyclic) bond motifs is 10. The van der Waals surface area contributed by atoms with Gasteiger partial charge in [-0.3, -0.25) is 0 Å². The van der Waals surface area contributed by atoms with Crippen LogP contribution in [0.1, 0.15) is 0 Å². The van der Waals surface area contributed by atoms with Gasteiger partial charge in [-0.15, -0.1) is 0 Å². The van der Waals surface area contributed by atoms with E-state index in [2.05, 4.69) is 108 Å². The van der Waals surface area contributed by atoms with Crippen molar-refractivity contribution in [1.82, 2.24) is 4.57 Å². The van der Waals surface area contributed by atoms with Crippen LogP contribution in [0.3, 0.4) is 0 Å². The molecule has 0 saturated carbocycles. The lowest BCUT2D eigenvalue weighted by molar-refractivity contribution is 0.669. The van der Waals surface area contributed by atoms with Gasteiger partial charge in [0.25, 0.3) is 0 Å². The van der Waals surface area contributed by atoms with E-state index in [9.17, 15) is 0 Å². The third-order valence-corrected chi connectivity index (χ3v) is 7.92. The van der Waals surface area contributed by atoms with E-state index in [0.29, 0.717) is 0 Å². The highest BCUT2D eigenvalue weighted by Crippen LogP contribution is 2.52. The second-order valence-corrected chi connectivity index (χ2v) is 9.72. The van der Waals surface area contributed by atoms with E-state index in [1.807, 2.05) is 12.1 Å². The van der Waals surface area contributed by atoms with Crippen LogP contribution in [0.4, 0.5) is 0 Å². The predicted molar refractivity (Wildman–Crippen MR) is 150 cm³/mol. The quantitative estimate of drug-likeness (QED) is 0.240. The summed E-state index contributed by atoms with van der Waals surface area (Å²) in [6.45, 7) is 0. The summed E-state index contributed by atoms with van der Waals surface area (Å²) in [6.07, 6.45) is 0. The first-order chi connectivity index (χ1) is 17.9. The van der Waals surface area contributed by atoms with Crippen molar-refractivity contribution in [3.8, 4) is 27.9 Å². The maximum absolute atomic E-state index is 6.15. The van der Waals surface area contributed by atoms with Crippen LogP contribution in [0, 0.1) is 0 Å². The standard InChI is InChI=1S/C34H19NO/c1-3-13-29-22(9-1)26-17-16-25-24-11-5-7-20-8-6-12-27(32(20)24)33(25)34(26)35(29)21-15-18-31-28(19-21)23-10-2-4-14-30(23)36-31/h1-19H. The first-order valence-electron chi connectivity index (χ1n) is 12.4. The van der Waals surface area contributed by atoms with E-state index in [4.69, 9.17) is 4.42 Å². The molecular formula is C34H19NO. The van der Waals surface area contributed by atoms with E-state index in [1.165, 1.54) is 54.8 Å². The van der Waals surface area contributed by atoms with Gasteiger partial charge in [0.1, 0.15) is 11.2 Å². The van der Waals surface area contributed by atoms with Gasteiger partial charge in [-0.2, -0.15) is 0 Å². The van der Waals surface area contributed by atoms with Crippen LogP contribution in [-0.2, 0) is 0 Å². The fourth-order valence-electron chi connectivity index (χ4n) is 6.45. The molecule has 36 heavy (non-hydrogen) atoms. The molecule has 6 aromatic carbocycles. The van der Waals surface area contributed by atoms with Gasteiger partial charge in [-0.25, -0.2) is 0 Å². The number of hydrogen-bond acceptors (Lipinski definition) is 1. The third kappa shape index (κ3) is 2.18. The van der Waals surface area contributed by atoms with Gasteiger partial charge < -0.3 is 8.98 Å². The molecule has 0 amide bonds. The topological polar surface area (TPSA) is 18.1 Å². The number of rotatable bonds is 1. The molecule has 0 radical (unpaired) electrons. The lowest BCUT2D eigenvalue weighted by Gasteiger charge is -2.12. The number of hydrogen-bond donors (Lipinski definition) is 0. The van der Waals surface area contributed by atoms with Crippen molar-refractivity contribution in [2.45, 2.75) is 0 Å². The minimum absolute atomic E-state index is 0.920. The molecule has 9 rings (SSSR count). The van der Waals surface area contributed by atoms with E-state index in [1.54, 1.807) is 0 Å². The van der Waals surface area contributed by atoms with Crippen LogP contribution in [0.5, 0.6) is 0 Å². The number of furan rings is 1. The van der Waals surface area contributed by atoms with Gasteiger partial charge >= 0.3 is 0 Å². The molecule has 0 atom stereocenters. The van der Waals surface area contributed by atoms with Crippen molar-refractivity contribution < 1.29 is 4.42 Å². The summed E-state index contributed by atoms with van der Waals surface area (Å²) in [7, 11) is 0. The molecule has 0 unspecified atom stereocenters. The van der Waals surface area contributed by atoms with Gasteiger partial charge in [0, 0.05) is 32.8 Å². The Hall–Kier alpha value is -4.82. The van der Waals surface area contributed by atoms with Gasteiger partial charge in [0.2, 0.25) is 0 Å². The van der Waals surface area contributed by atoms with Crippen molar-refractivity contribution >= 4 is 54.5 Å². The Morgan fingerprint density at radius 2 is 1.28 bits per heavy atom. The highest BCUT2D eigenvalue weighted by atomic mass is 16.3. The van der Waals surface area contributed by atoms with Crippen molar-refractivity contribution in [2.24, 2.45) is 0 Å². The lowest BCUT2D eigenvalue weighted by Crippen LogP contribution is -1.95. The van der Waals surface area contributed by atoms with Crippen LogP contribution in [0.2, 0.25) is 0 Å². The van der Waals surface area contributed by atoms with Crippen LogP contribution in [0.25, 0.3) is 82.5 Å². The maximum Gasteiger partial charge on any atom is 0.135 e. The molecule has 1 aliphatic rings. The van der Waals surface area contributed by atoms with Crippen LogP contribution in [-0.4, -0.2) is 4.57 Å². The zero-order valence-electron chi connectivity index (χ0n) is 19.3. The molecule has 0 spiro atoms. The van der Waals surface area contributed by atoms with Crippen LogP contribution >= 0.6 is 0 Å². The summed E-state index contributed by atoms with van der Waals surface area (Å²) in [5.74, 6) is 0.